The van der Waals surface area contributed by atoms with Crippen molar-refractivity contribution in [2.75, 3.05) is 12.3 Å². The maximum absolute atomic E-state index is 12.3. The molecule has 2 aromatic heterocycles. The molecule has 3 N–H and O–H groups in total. The Morgan fingerprint density at radius 1 is 1.60 bits per heavy atom. The Balaban J connectivity index is 2.05. The van der Waals surface area contributed by atoms with E-state index in [1.54, 1.807) is 29.1 Å². The Kier molecular flexibility index (Phi) is 4.39. The molecule has 1 atom stereocenters. The van der Waals surface area contributed by atoms with Crippen molar-refractivity contribution in [3.05, 3.63) is 28.0 Å². The fourth-order valence-corrected chi connectivity index (χ4v) is 2.66. The van der Waals surface area contributed by atoms with Crippen molar-refractivity contribution in [2.24, 2.45) is 0 Å². The normalized spacial score (nSPS) is 12.3. The summed E-state index contributed by atoms with van der Waals surface area (Å²) in [5.74, 6) is -0.00683. The van der Waals surface area contributed by atoms with Gasteiger partial charge in [0.05, 0.1) is 16.4 Å². The number of nitrogens with one attached hydrogen (secondary N) is 1. The van der Waals surface area contributed by atoms with Crippen LogP contribution >= 0.6 is 11.3 Å². The molecule has 0 aliphatic heterocycles. The van der Waals surface area contributed by atoms with Gasteiger partial charge in [-0.05, 0) is 13.8 Å². The highest BCUT2D eigenvalue weighted by atomic mass is 32.1. The molecule has 2 aromatic rings. The second kappa shape index (κ2) is 6.04. The van der Waals surface area contributed by atoms with Gasteiger partial charge in [0, 0.05) is 30.6 Å². The van der Waals surface area contributed by atoms with Crippen molar-refractivity contribution < 1.29 is 4.79 Å². The van der Waals surface area contributed by atoms with Gasteiger partial charge >= 0.3 is 0 Å². The number of anilines is 1. The number of hydrogen-bond donors (Lipinski definition) is 2. The SMILES string of the molecule is CCn1nc(C)c(N)c1C(=O)NCC(C)c1nccs1. The molecule has 0 fully saturated rings. The van der Waals surface area contributed by atoms with Crippen molar-refractivity contribution >= 4 is 22.9 Å². The first-order valence-corrected chi connectivity index (χ1v) is 7.43. The largest absolute Gasteiger partial charge is 0.395 e. The van der Waals surface area contributed by atoms with E-state index in [0.29, 0.717) is 30.2 Å². The summed E-state index contributed by atoms with van der Waals surface area (Å²) >= 11 is 1.59. The lowest BCUT2D eigenvalue weighted by Gasteiger charge is -2.11. The first-order chi connectivity index (χ1) is 9.54. The van der Waals surface area contributed by atoms with E-state index in [-0.39, 0.29) is 11.8 Å². The van der Waals surface area contributed by atoms with Crippen LogP contribution in [0.5, 0.6) is 0 Å². The average Bonchev–Trinajstić information content (AvgIpc) is 3.05. The van der Waals surface area contributed by atoms with Gasteiger partial charge in [-0.25, -0.2) is 4.98 Å². The fourth-order valence-electron chi connectivity index (χ4n) is 1.96. The maximum atomic E-state index is 12.3. The summed E-state index contributed by atoms with van der Waals surface area (Å²) in [7, 11) is 0. The summed E-state index contributed by atoms with van der Waals surface area (Å²) in [5.41, 5.74) is 7.50. The summed E-state index contributed by atoms with van der Waals surface area (Å²) in [4.78, 5) is 16.5. The smallest absolute Gasteiger partial charge is 0.271 e. The average molecular weight is 293 g/mol. The Morgan fingerprint density at radius 2 is 2.35 bits per heavy atom. The molecule has 0 bridgehead atoms. The van der Waals surface area contributed by atoms with Crippen LogP contribution < -0.4 is 11.1 Å². The molecule has 0 saturated carbocycles. The highest BCUT2D eigenvalue weighted by Gasteiger charge is 2.19. The van der Waals surface area contributed by atoms with Gasteiger partial charge < -0.3 is 11.1 Å². The fraction of sp³-hybridized carbons (Fsp3) is 0.462. The van der Waals surface area contributed by atoms with Gasteiger partial charge in [-0.2, -0.15) is 5.10 Å². The number of nitrogens with zero attached hydrogens (tertiary/aromatic N) is 3. The molecule has 7 heteroatoms. The van der Waals surface area contributed by atoms with Gasteiger partial charge in [-0.15, -0.1) is 11.3 Å². The molecule has 0 spiro atoms. The van der Waals surface area contributed by atoms with Crippen LogP contribution in [0.4, 0.5) is 5.69 Å². The van der Waals surface area contributed by atoms with E-state index in [4.69, 9.17) is 5.73 Å². The number of amides is 1. The van der Waals surface area contributed by atoms with Crippen molar-refractivity contribution in [3.8, 4) is 0 Å². The van der Waals surface area contributed by atoms with E-state index >= 15 is 0 Å². The molecule has 1 amide bonds. The number of carbonyl (C=O) groups is 1. The maximum Gasteiger partial charge on any atom is 0.271 e. The standard InChI is InChI=1S/C13H19N5OS/c1-4-18-11(10(14)9(3)17-18)12(19)16-7-8(2)13-15-5-6-20-13/h5-6,8H,4,7,14H2,1-3H3,(H,16,19). The minimum atomic E-state index is -0.187. The summed E-state index contributed by atoms with van der Waals surface area (Å²) in [6.07, 6.45) is 1.77. The van der Waals surface area contributed by atoms with Crippen molar-refractivity contribution in [2.45, 2.75) is 33.2 Å². The molecule has 0 aliphatic rings. The minimum Gasteiger partial charge on any atom is -0.395 e. The Hall–Kier alpha value is -1.89. The number of aryl methyl sites for hydroxylation is 2. The molecule has 20 heavy (non-hydrogen) atoms. The Morgan fingerprint density at radius 3 is 2.95 bits per heavy atom. The monoisotopic (exact) mass is 293 g/mol. The molecule has 6 nitrogen and oxygen atoms in total. The van der Waals surface area contributed by atoms with Crippen LogP contribution in [-0.4, -0.2) is 27.2 Å². The van der Waals surface area contributed by atoms with E-state index in [0.717, 1.165) is 5.01 Å². The van der Waals surface area contributed by atoms with Crippen LogP contribution in [0.2, 0.25) is 0 Å². The number of rotatable bonds is 5. The van der Waals surface area contributed by atoms with Crippen LogP contribution in [0.3, 0.4) is 0 Å². The van der Waals surface area contributed by atoms with Crippen LogP contribution in [0, 0.1) is 6.92 Å². The Bertz CT molecular complexity index is 590. The topological polar surface area (TPSA) is 85.8 Å². The van der Waals surface area contributed by atoms with Crippen LogP contribution in [0.25, 0.3) is 0 Å². The zero-order valence-corrected chi connectivity index (χ0v) is 12.7. The minimum absolute atomic E-state index is 0.180. The van der Waals surface area contributed by atoms with E-state index in [1.807, 2.05) is 19.2 Å². The third kappa shape index (κ3) is 2.82. The number of aromatic nitrogens is 3. The molecular formula is C13H19N5OS. The highest BCUT2D eigenvalue weighted by molar-refractivity contribution is 7.09. The molecule has 108 valence electrons. The van der Waals surface area contributed by atoms with Gasteiger partial charge in [0.25, 0.3) is 5.91 Å². The Labute approximate surface area is 122 Å². The van der Waals surface area contributed by atoms with Gasteiger partial charge in [-0.3, -0.25) is 9.48 Å². The van der Waals surface area contributed by atoms with Gasteiger partial charge in [0.15, 0.2) is 0 Å². The second-order valence-corrected chi connectivity index (χ2v) is 5.57. The summed E-state index contributed by atoms with van der Waals surface area (Å²) in [6, 6.07) is 0. The van der Waals surface area contributed by atoms with E-state index in [9.17, 15) is 4.79 Å². The zero-order chi connectivity index (χ0) is 14.7. The predicted octanol–water partition coefficient (Wildman–Crippen LogP) is 1.78. The third-order valence-corrected chi connectivity index (χ3v) is 4.14. The molecule has 0 radical (unpaired) electrons. The van der Waals surface area contributed by atoms with Crippen LogP contribution in [0.15, 0.2) is 11.6 Å². The van der Waals surface area contributed by atoms with Crippen molar-refractivity contribution in [1.82, 2.24) is 20.1 Å². The summed E-state index contributed by atoms with van der Waals surface area (Å²) in [6.45, 7) is 6.91. The predicted molar refractivity (Wildman–Crippen MR) is 79.9 cm³/mol. The number of carbonyl (C=O) groups excluding carboxylic acids is 1. The molecule has 0 aromatic carbocycles. The van der Waals surface area contributed by atoms with Crippen LogP contribution in [-0.2, 0) is 6.54 Å². The van der Waals surface area contributed by atoms with Gasteiger partial charge in [-0.1, -0.05) is 6.92 Å². The lowest BCUT2D eigenvalue weighted by Crippen LogP contribution is -2.30. The van der Waals surface area contributed by atoms with Gasteiger partial charge in [0.1, 0.15) is 5.69 Å². The zero-order valence-electron chi connectivity index (χ0n) is 11.9. The quantitative estimate of drug-likeness (QED) is 0.880. The molecule has 0 aliphatic carbocycles. The number of nitrogens with two attached hydrogens (primary N) is 1. The number of hydrogen-bond acceptors (Lipinski definition) is 5. The molecule has 0 saturated heterocycles. The highest BCUT2D eigenvalue weighted by Crippen LogP contribution is 2.18. The van der Waals surface area contributed by atoms with E-state index in [1.165, 1.54) is 0 Å². The first kappa shape index (κ1) is 14.5. The lowest BCUT2D eigenvalue weighted by atomic mass is 10.2. The van der Waals surface area contributed by atoms with Crippen molar-refractivity contribution in [1.29, 1.82) is 0 Å². The number of nitrogen functional groups attached to an aromatic ring is 1. The van der Waals surface area contributed by atoms with E-state index in [2.05, 4.69) is 15.4 Å². The van der Waals surface area contributed by atoms with Gasteiger partial charge in [0.2, 0.25) is 0 Å². The lowest BCUT2D eigenvalue weighted by molar-refractivity contribution is 0.0942. The summed E-state index contributed by atoms with van der Waals surface area (Å²) in [5, 5.41) is 10.1. The molecule has 2 rings (SSSR count). The van der Waals surface area contributed by atoms with Crippen molar-refractivity contribution in [3.63, 3.8) is 0 Å². The van der Waals surface area contributed by atoms with Crippen LogP contribution in [0.1, 0.15) is 41.0 Å². The molecule has 1 unspecified atom stereocenters. The van der Waals surface area contributed by atoms with E-state index < -0.39 is 0 Å². The third-order valence-electron chi connectivity index (χ3n) is 3.13. The second-order valence-electron chi connectivity index (χ2n) is 4.64. The molecular weight excluding hydrogens is 274 g/mol. The number of thiazole rings is 1. The summed E-state index contributed by atoms with van der Waals surface area (Å²) < 4.78 is 1.63. The first-order valence-electron chi connectivity index (χ1n) is 6.55. The molecule has 2 heterocycles.